The molecule has 218 valence electrons. The van der Waals surface area contributed by atoms with Crippen LogP contribution in [0, 0.1) is 0 Å². The van der Waals surface area contributed by atoms with Crippen molar-refractivity contribution in [1.29, 1.82) is 0 Å². The lowest BCUT2D eigenvalue weighted by Crippen LogP contribution is -2.34. The summed E-state index contributed by atoms with van der Waals surface area (Å²) in [6.07, 6.45) is 6.16. The number of hydrogen-bond acceptors (Lipinski definition) is 8. The number of nitrogens with one attached hydrogen (secondary N) is 2. The molecule has 0 saturated carbocycles. The lowest BCUT2D eigenvalue weighted by atomic mass is 10.1. The lowest BCUT2D eigenvalue weighted by Gasteiger charge is -2.10. The number of furan rings is 1. The Morgan fingerprint density at radius 1 is 1.12 bits per heavy atom. The van der Waals surface area contributed by atoms with Crippen LogP contribution in [-0.4, -0.2) is 54.3 Å². The first-order chi connectivity index (χ1) is 19.9. The molecular weight excluding hydrogens is 522 g/mol. The van der Waals surface area contributed by atoms with Crippen LogP contribution in [0.4, 0.5) is 0 Å². The fourth-order valence-electron chi connectivity index (χ4n) is 4.06. The van der Waals surface area contributed by atoms with E-state index in [-0.39, 0.29) is 5.91 Å². The normalized spacial score (nSPS) is 12.0. The van der Waals surface area contributed by atoms with Crippen LogP contribution in [0.5, 0.6) is 5.75 Å². The quantitative estimate of drug-likeness (QED) is 0.312. The SMILES string of the molecule is CC.CC.CNC(C(=O)NC=O)c1cc2cc(Cc3ccncc3)ncc2o1.COc1ccc2c(c1)C(=O)N(C)C2. The maximum atomic E-state index is 11.9. The number of fused-ring (bicyclic) bond motifs is 2. The number of ether oxygens (including phenoxy) is 1. The summed E-state index contributed by atoms with van der Waals surface area (Å²) in [5.74, 6) is 0.766. The zero-order chi connectivity index (χ0) is 30.4. The van der Waals surface area contributed by atoms with Crippen LogP contribution in [0.3, 0.4) is 0 Å². The molecule has 3 amide bonds. The summed E-state index contributed by atoms with van der Waals surface area (Å²) < 4.78 is 10.7. The van der Waals surface area contributed by atoms with E-state index in [0.717, 1.165) is 33.5 Å². The van der Waals surface area contributed by atoms with Gasteiger partial charge in [0.15, 0.2) is 5.58 Å². The molecule has 10 heteroatoms. The molecule has 1 atom stereocenters. The fourth-order valence-corrected chi connectivity index (χ4v) is 4.06. The summed E-state index contributed by atoms with van der Waals surface area (Å²) in [5.41, 5.74) is 4.43. The number of carbonyl (C=O) groups is 3. The van der Waals surface area contributed by atoms with Crippen molar-refractivity contribution in [1.82, 2.24) is 25.5 Å². The minimum atomic E-state index is -0.744. The van der Waals surface area contributed by atoms with Crippen LogP contribution in [0.1, 0.15) is 66.7 Å². The molecule has 5 rings (SSSR count). The average molecular weight is 562 g/mol. The van der Waals surface area contributed by atoms with Crippen LogP contribution < -0.4 is 15.4 Å². The molecule has 4 aromatic rings. The summed E-state index contributed by atoms with van der Waals surface area (Å²) in [6.45, 7) is 8.71. The highest BCUT2D eigenvalue weighted by atomic mass is 16.5. The zero-order valence-corrected chi connectivity index (χ0v) is 24.7. The summed E-state index contributed by atoms with van der Waals surface area (Å²) in [5, 5.41) is 5.80. The first-order valence-corrected chi connectivity index (χ1v) is 13.5. The number of nitrogens with zero attached hydrogens (tertiary/aromatic N) is 3. The molecule has 0 aliphatic carbocycles. The fraction of sp³-hybridized carbons (Fsp3) is 0.323. The number of carbonyl (C=O) groups excluding carboxylic acids is 3. The molecule has 4 heterocycles. The lowest BCUT2D eigenvalue weighted by molar-refractivity contribution is -0.127. The van der Waals surface area contributed by atoms with Gasteiger partial charge >= 0.3 is 0 Å². The van der Waals surface area contributed by atoms with E-state index >= 15 is 0 Å². The van der Waals surface area contributed by atoms with E-state index < -0.39 is 11.9 Å². The van der Waals surface area contributed by atoms with Crippen LogP contribution in [0.2, 0.25) is 0 Å². The second kappa shape index (κ2) is 16.5. The number of hydrogen-bond donors (Lipinski definition) is 2. The molecule has 0 bridgehead atoms. The molecule has 0 radical (unpaired) electrons. The Morgan fingerprint density at radius 3 is 2.46 bits per heavy atom. The monoisotopic (exact) mass is 561 g/mol. The van der Waals surface area contributed by atoms with E-state index in [1.807, 2.05) is 58.0 Å². The predicted octanol–water partition coefficient (Wildman–Crippen LogP) is 4.68. The number of aromatic nitrogens is 2. The van der Waals surface area contributed by atoms with E-state index in [4.69, 9.17) is 9.15 Å². The molecule has 3 aromatic heterocycles. The third kappa shape index (κ3) is 8.46. The minimum Gasteiger partial charge on any atom is -0.497 e. The van der Waals surface area contributed by atoms with Gasteiger partial charge in [0, 0.05) is 49.1 Å². The van der Waals surface area contributed by atoms with Gasteiger partial charge in [-0.15, -0.1) is 0 Å². The molecule has 0 saturated heterocycles. The molecule has 2 N–H and O–H groups in total. The van der Waals surface area contributed by atoms with Gasteiger partial charge in [-0.1, -0.05) is 33.8 Å². The van der Waals surface area contributed by atoms with Crippen molar-refractivity contribution in [2.75, 3.05) is 21.2 Å². The highest BCUT2D eigenvalue weighted by Gasteiger charge is 2.24. The highest BCUT2D eigenvalue weighted by molar-refractivity contribution is 5.98. The van der Waals surface area contributed by atoms with Crippen LogP contribution in [0.15, 0.2) is 65.5 Å². The molecule has 0 fully saturated rings. The Bertz CT molecular complexity index is 1420. The van der Waals surface area contributed by atoms with Crippen molar-refractivity contribution in [2.24, 2.45) is 0 Å². The van der Waals surface area contributed by atoms with Gasteiger partial charge in [-0.25, -0.2) is 0 Å². The molecular formula is C31H39N5O5. The molecule has 0 spiro atoms. The van der Waals surface area contributed by atoms with E-state index in [1.54, 1.807) is 56.8 Å². The molecule has 10 nitrogen and oxygen atoms in total. The summed E-state index contributed by atoms with van der Waals surface area (Å²) >= 11 is 0. The van der Waals surface area contributed by atoms with Crippen LogP contribution in [0.25, 0.3) is 11.0 Å². The molecule has 41 heavy (non-hydrogen) atoms. The smallest absolute Gasteiger partial charge is 0.254 e. The van der Waals surface area contributed by atoms with E-state index in [1.165, 1.54) is 0 Å². The first-order valence-electron chi connectivity index (χ1n) is 13.5. The molecule has 1 unspecified atom stereocenters. The average Bonchev–Trinajstić information content (AvgIpc) is 3.55. The number of likely N-dealkylation sites (N-methyl/N-ethyl adjacent to an activating group) is 1. The Morgan fingerprint density at radius 2 is 1.83 bits per heavy atom. The number of methoxy groups -OCH3 is 1. The van der Waals surface area contributed by atoms with E-state index in [0.29, 0.717) is 30.7 Å². The van der Waals surface area contributed by atoms with Crippen molar-refractivity contribution in [3.63, 3.8) is 0 Å². The van der Waals surface area contributed by atoms with Gasteiger partial charge in [0.1, 0.15) is 17.6 Å². The van der Waals surface area contributed by atoms with Crippen molar-refractivity contribution in [2.45, 2.75) is 46.7 Å². The highest BCUT2D eigenvalue weighted by Crippen LogP contribution is 2.26. The molecule has 1 aliphatic rings. The van der Waals surface area contributed by atoms with E-state index in [9.17, 15) is 14.4 Å². The summed E-state index contributed by atoms with van der Waals surface area (Å²) in [7, 11) is 5.02. The Balaban J connectivity index is 0.000000291. The number of rotatable bonds is 7. The topological polar surface area (TPSA) is 127 Å². The van der Waals surface area contributed by atoms with Crippen LogP contribution in [-0.2, 0) is 22.6 Å². The van der Waals surface area contributed by atoms with Gasteiger partial charge in [-0.05, 0) is 54.6 Å². The first kappa shape index (κ1) is 32.6. The summed E-state index contributed by atoms with van der Waals surface area (Å²) in [4.78, 5) is 43.9. The van der Waals surface area contributed by atoms with E-state index in [2.05, 4.69) is 20.6 Å². The summed E-state index contributed by atoms with van der Waals surface area (Å²) in [6, 6.07) is 12.4. The Hall–Kier alpha value is -4.57. The van der Waals surface area contributed by atoms with Gasteiger partial charge in [0.05, 0.1) is 13.3 Å². The molecule has 1 aromatic carbocycles. The van der Waals surface area contributed by atoms with Gasteiger partial charge in [0.25, 0.3) is 11.8 Å². The third-order valence-electron chi connectivity index (χ3n) is 5.95. The maximum Gasteiger partial charge on any atom is 0.254 e. The standard InChI is InChI=1S/C17H16N4O3.C10H11NO2.2C2H6/c1-18-16(17(23)21-10-22)14-8-12-7-13(20-9-15(12)24-14)6-11-2-4-19-5-3-11;1-11-6-7-3-4-8(13-2)5-9(7)10(11)12;2*1-2/h2-5,7-10,16,18H,6H2,1H3,(H,21,22,23);3-5H,6H2,1-2H3;2*1-2H3. The maximum absolute atomic E-state index is 11.9. The van der Waals surface area contributed by atoms with Crippen molar-refractivity contribution < 1.29 is 23.5 Å². The second-order valence-electron chi connectivity index (χ2n) is 8.43. The largest absolute Gasteiger partial charge is 0.497 e. The van der Waals surface area contributed by atoms with Crippen molar-refractivity contribution in [3.05, 3.63) is 89.2 Å². The minimum absolute atomic E-state index is 0.0777. The van der Waals surface area contributed by atoms with Gasteiger partial charge < -0.3 is 19.4 Å². The number of imide groups is 1. The van der Waals surface area contributed by atoms with Crippen LogP contribution >= 0.6 is 0 Å². The predicted molar refractivity (Wildman–Crippen MR) is 159 cm³/mol. The van der Waals surface area contributed by atoms with Crippen molar-refractivity contribution in [3.8, 4) is 5.75 Å². The number of amides is 3. The number of benzene rings is 1. The zero-order valence-electron chi connectivity index (χ0n) is 24.7. The Kier molecular flexibility index (Phi) is 13.1. The second-order valence-corrected chi connectivity index (χ2v) is 8.43. The Labute approximate surface area is 241 Å². The van der Waals surface area contributed by atoms with Gasteiger partial charge in [0.2, 0.25) is 6.41 Å². The number of pyridine rings is 2. The van der Waals surface area contributed by atoms with Crippen molar-refractivity contribution >= 4 is 29.2 Å². The van der Waals surface area contributed by atoms with Gasteiger partial charge in [-0.3, -0.25) is 29.7 Å². The third-order valence-corrected chi connectivity index (χ3v) is 5.95. The van der Waals surface area contributed by atoms with Gasteiger partial charge in [-0.2, -0.15) is 0 Å². The molecule has 1 aliphatic heterocycles.